The van der Waals surface area contributed by atoms with Gasteiger partial charge in [-0.15, -0.1) is 0 Å². The molecule has 0 fully saturated rings. The molecule has 1 amide bonds. The summed E-state index contributed by atoms with van der Waals surface area (Å²) in [6.45, 7) is 1.98. The average molecular weight is 327 g/mol. The van der Waals surface area contributed by atoms with E-state index in [2.05, 4.69) is 10.6 Å². The number of aryl methyl sites for hydroxylation is 1. The third kappa shape index (κ3) is 4.50. The number of hydrogen-bond donors (Lipinski definition) is 3. The maximum Gasteiger partial charge on any atom is 0.267 e. The smallest absolute Gasteiger partial charge is 0.267 e. The van der Waals surface area contributed by atoms with E-state index in [4.69, 9.17) is 22.6 Å². The van der Waals surface area contributed by atoms with E-state index < -0.39 is 5.91 Å². The summed E-state index contributed by atoms with van der Waals surface area (Å²) >= 11 is 6.00. The number of hydrogen-bond acceptors (Lipinski definition) is 4. The maximum absolute atomic E-state index is 12.1. The molecule has 4 N–H and O–H groups in total. The molecule has 2 rings (SSSR count). The summed E-state index contributed by atoms with van der Waals surface area (Å²) < 4.78 is 0. The molecule has 0 bridgehead atoms. The molecule has 0 aliphatic rings. The van der Waals surface area contributed by atoms with E-state index in [1.165, 1.54) is 12.3 Å². The van der Waals surface area contributed by atoms with Crippen LogP contribution in [0.4, 0.5) is 17.1 Å². The van der Waals surface area contributed by atoms with Crippen LogP contribution in [-0.2, 0) is 4.79 Å². The van der Waals surface area contributed by atoms with Gasteiger partial charge in [-0.25, -0.2) is 0 Å². The average Bonchev–Trinajstić information content (AvgIpc) is 2.52. The van der Waals surface area contributed by atoms with Gasteiger partial charge in [0, 0.05) is 17.6 Å². The first-order chi connectivity index (χ1) is 11.0. The SMILES string of the molecule is Cc1ccc(N/C=C(/C#N)C(=O)Nc2ccc(N)cc2Cl)cc1. The van der Waals surface area contributed by atoms with Crippen LogP contribution in [0, 0.1) is 18.3 Å². The highest BCUT2D eigenvalue weighted by Gasteiger charge is 2.11. The topological polar surface area (TPSA) is 90.9 Å². The van der Waals surface area contributed by atoms with Crippen LogP contribution in [0.3, 0.4) is 0 Å². The highest BCUT2D eigenvalue weighted by molar-refractivity contribution is 6.34. The number of amides is 1. The van der Waals surface area contributed by atoms with E-state index in [9.17, 15) is 4.79 Å². The molecular formula is C17H15ClN4O. The number of nitrogens with zero attached hydrogens (tertiary/aromatic N) is 1. The summed E-state index contributed by atoms with van der Waals surface area (Å²) in [4.78, 5) is 12.1. The Balaban J connectivity index is 2.10. The minimum atomic E-state index is -0.557. The van der Waals surface area contributed by atoms with Gasteiger partial charge in [0.25, 0.3) is 5.91 Å². The molecule has 116 valence electrons. The lowest BCUT2D eigenvalue weighted by molar-refractivity contribution is -0.112. The van der Waals surface area contributed by atoms with Gasteiger partial charge in [-0.3, -0.25) is 4.79 Å². The molecule has 0 spiro atoms. The van der Waals surface area contributed by atoms with Crippen LogP contribution in [-0.4, -0.2) is 5.91 Å². The van der Waals surface area contributed by atoms with Crippen molar-refractivity contribution in [1.29, 1.82) is 5.26 Å². The van der Waals surface area contributed by atoms with Crippen molar-refractivity contribution < 1.29 is 4.79 Å². The van der Waals surface area contributed by atoms with E-state index in [1.807, 2.05) is 37.3 Å². The zero-order valence-electron chi connectivity index (χ0n) is 12.4. The van der Waals surface area contributed by atoms with Crippen molar-refractivity contribution in [3.63, 3.8) is 0 Å². The molecule has 6 heteroatoms. The minimum Gasteiger partial charge on any atom is -0.399 e. The van der Waals surface area contributed by atoms with E-state index in [0.717, 1.165) is 11.3 Å². The predicted octanol–water partition coefficient (Wildman–Crippen LogP) is 3.69. The van der Waals surface area contributed by atoms with Crippen molar-refractivity contribution in [3.05, 3.63) is 64.8 Å². The van der Waals surface area contributed by atoms with Crippen molar-refractivity contribution >= 4 is 34.6 Å². The Hall–Kier alpha value is -2.97. The highest BCUT2D eigenvalue weighted by Crippen LogP contribution is 2.24. The molecule has 0 aliphatic heterocycles. The third-order valence-corrected chi connectivity index (χ3v) is 3.35. The van der Waals surface area contributed by atoms with Crippen LogP contribution in [0.15, 0.2) is 54.2 Å². The lowest BCUT2D eigenvalue weighted by atomic mass is 10.2. The van der Waals surface area contributed by atoms with Crippen molar-refractivity contribution in [3.8, 4) is 6.07 Å². The van der Waals surface area contributed by atoms with Crippen LogP contribution in [0.1, 0.15) is 5.56 Å². The molecule has 0 saturated carbocycles. The first-order valence-corrected chi connectivity index (χ1v) is 7.17. The molecule has 2 aromatic rings. The molecule has 0 aliphatic carbocycles. The Kier molecular flexibility index (Phi) is 5.23. The van der Waals surface area contributed by atoms with Gasteiger partial charge in [-0.2, -0.15) is 5.26 Å². The maximum atomic E-state index is 12.1. The quantitative estimate of drug-likeness (QED) is 0.454. The van der Waals surface area contributed by atoms with Crippen LogP contribution >= 0.6 is 11.6 Å². The Morgan fingerprint density at radius 1 is 1.26 bits per heavy atom. The normalized spacial score (nSPS) is 10.7. The second-order valence-corrected chi connectivity index (χ2v) is 5.28. The fraction of sp³-hybridized carbons (Fsp3) is 0.0588. The molecule has 0 unspecified atom stereocenters. The van der Waals surface area contributed by atoms with Gasteiger partial charge in [-0.1, -0.05) is 29.3 Å². The van der Waals surface area contributed by atoms with Crippen LogP contribution < -0.4 is 16.4 Å². The molecule has 5 nitrogen and oxygen atoms in total. The third-order valence-electron chi connectivity index (χ3n) is 3.04. The van der Waals surface area contributed by atoms with Crippen LogP contribution in [0.2, 0.25) is 5.02 Å². The molecule has 23 heavy (non-hydrogen) atoms. The second-order valence-electron chi connectivity index (χ2n) is 4.87. The minimum absolute atomic E-state index is 0.0709. The van der Waals surface area contributed by atoms with Gasteiger partial charge >= 0.3 is 0 Å². The number of rotatable bonds is 4. The van der Waals surface area contributed by atoms with Crippen LogP contribution in [0.25, 0.3) is 0 Å². The van der Waals surface area contributed by atoms with Gasteiger partial charge in [0.1, 0.15) is 11.6 Å². The van der Waals surface area contributed by atoms with Crippen molar-refractivity contribution in [2.24, 2.45) is 0 Å². The number of benzene rings is 2. The monoisotopic (exact) mass is 326 g/mol. The number of nitrogens with one attached hydrogen (secondary N) is 2. The number of halogens is 1. The summed E-state index contributed by atoms with van der Waals surface area (Å²) in [5.41, 5.74) is 8.31. The number of anilines is 3. The van der Waals surface area contributed by atoms with Gasteiger partial charge in [0.05, 0.1) is 10.7 Å². The second kappa shape index (κ2) is 7.34. The summed E-state index contributed by atoms with van der Waals surface area (Å²) in [5, 5.41) is 14.9. The molecule has 0 radical (unpaired) electrons. The molecule has 0 atom stereocenters. The number of nitrogen functional groups attached to an aromatic ring is 1. The van der Waals surface area contributed by atoms with Crippen molar-refractivity contribution in [1.82, 2.24) is 0 Å². The highest BCUT2D eigenvalue weighted by atomic mass is 35.5. The van der Waals surface area contributed by atoms with Gasteiger partial charge in [0.2, 0.25) is 0 Å². The number of carbonyl (C=O) groups excluding carboxylic acids is 1. The fourth-order valence-corrected chi connectivity index (χ4v) is 2.01. The largest absolute Gasteiger partial charge is 0.399 e. The summed E-state index contributed by atoms with van der Waals surface area (Å²) in [7, 11) is 0. The molecule has 2 aromatic carbocycles. The Morgan fingerprint density at radius 3 is 2.57 bits per heavy atom. The standard InChI is InChI=1S/C17H15ClN4O/c1-11-2-5-14(6-3-11)21-10-12(9-19)17(23)22-16-7-4-13(20)8-15(16)18/h2-8,10,21H,20H2,1H3,(H,22,23)/b12-10-. The lowest BCUT2D eigenvalue weighted by Gasteiger charge is -2.07. The number of nitriles is 1. The molecular weight excluding hydrogens is 312 g/mol. The van der Waals surface area contributed by atoms with Crippen LogP contribution in [0.5, 0.6) is 0 Å². The Labute approximate surface area is 139 Å². The van der Waals surface area contributed by atoms with Crippen molar-refractivity contribution in [2.45, 2.75) is 6.92 Å². The Morgan fingerprint density at radius 2 is 1.96 bits per heavy atom. The van der Waals surface area contributed by atoms with E-state index >= 15 is 0 Å². The zero-order chi connectivity index (χ0) is 16.8. The number of nitrogens with two attached hydrogens (primary N) is 1. The Bertz CT molecular complexity index is 791. The van der Waals surface area contributed by atoms with Gasteiger partial charge < -0.3 is 16.4 Å². The molecule has 0 saturated heterocycles. The molecule has 0 heterocycles. The van der Waals surface area contributed by atoms with Gasteiger partial charge in [-0.05, 0) is 37.3 Å². The summed E-state index contributed by atoms with van der Waals surface area (Å²) in [6, 6.07) is 14.1. The van der Waals surface area contributed by atoms with E-state index in [-0.39, 0.29) is 5.57 Å². The summed E-state index contributed by atoms with van der Waals surface area (Å²) in [6.07, 6.45) is 1.35. The summed E-state index contributed by atoms with van der Waals surface area (Å²) in [5.74, 6) is -0.557. The van der Waals surface area contributed by atoms with E-state index in [1.54, 1.807) is 12.1 Å². The first-order valence-electron chi connectivity index (χ1n) is 6.79. The first kappa shape index (κ1) is 16.4. The van der Waals surface area contributed by atoms with Gasteiger partial charge in [0.15, 0.2) is 0 Å². The predicted molar refractivity (Wildman–Crippen MR) is 93.0 cm³/mol. The van der Waals surface area contributed by atoms with Crippen molar-refractivity contribution in [2.75, 3.05) is 16.4 Å². The lowest BCUT2D eigenvalue weighted by Crippen LogP contribution is -2.15. The number of carbonyl (C=O) groups is 1. The van der Waals surface area contributed by atoms with E-state index in [0.29, 0.717) is 16.4 Å². The fourth-order valence-electron chi connectivity index (χ4n) is 1.78. The molecule has 0 aromatic heterocycles. The zero-order valence-corrected chi connectivity index (χ0v) is 13.2.